The Labute approximate surface area is 137 Å². The largest absolute Gasteiger partial charge is 0.367 e. The molecular weight excluding hydrogens is 290 g/mol. The summed E-state index contributed by atoms with van der Waals surface area (Å²) in [6.45, 7) is 5.77. The monoisotopic (exact) mass is 315 g/mol. The lowest BCUT2D eigenvalue weighted by Crippen LogP contribution is -2.55. The molecule has 2 heterocycles. The van der Waals surface area contributed by atoms with E-state index in [1.54, 1.807) is 6.92 Å². The maximum absolute atomic E-state index is 11.8. The number of nitrogens with one attached hydrogen (secondary N) is 1. The average molecular weight is 315 g/mol. The molecule has 1 aromatic rings. The van der Waals surface area contributed by atoms with Crippen LogP contribution in [0.5, 0.6) is 0 Å². The number of anilines is 1. The van der Waals surface area contributed by atoms with Gasteiger partial charge in [0.05, 0.1) is 0 Å². The van der Waals surface area contributed by atoms with Crippen molar-refractivity contribution in [3.8, 4) is 0 Å². The van der Waals surface area contributed by atoms with Crippen molar-refractivity contribution in [2.45, 2.75) is 45.2 Å². The van der Waals surface area contributed by atoms with Crippen LogP contribution in [-0.2, 0) is 16.0 Å². The molecule has 0 radical (unpaired) electrons. The van der Waals surface area contributed by atoms with Crippen molar-refractivity contribution in [2.24, 2.45) is 0 Å². The highest BCUT2D eigenvalue weighted by molar-refractivity contribution is 5.75. The van der Waals surface area contributed by atoms with E-state index < -0.39 is 0 Å². The van der Waals surface area contributed by atoms with Crippen molar-refractivity contribution in [2.75, 3.05) is 24.5 Å². The van der Waals surface area contributed by atoms with Gasteiger partial charge in [-0.1, -0.05) is 12.1 Å². The third-order valence-electron chi connectivity index (χ3n) is 4.93. The maximum Gasteiger partial charge on any atom is 0.220 e. The van der Waals surface area contributed by atoms with E-state index in [4.69, 9.17) is 0 Å². The smallest absolute Gasteiger partial charge is 0.220 e. The van der Waals surface area contributed by atoms with Gasteiger partial charge in [-0.15, -0.1) is 0 Å². The van der Waals surface area contributed by atoms with Crippen LogP contribution in [0.3, 0.4) is 0 Å². The average Bonchev–Trinajstić information content (AvgIpc) is 2.79. The van der Waals surface area contributed by atoms with Crippen LogP contribution >= 0.6 is 0 Å². The molecular formula is C18H25N3O2. The Morgan fingerprint density at radius 1 is 1.09 bits per heavy atom. The number of fused-ring (bicyclic) bond motifs is 2. The summed E-state index contributed by atoms with van der Waals surface area (Å²) in [7, 11) is 0. The van der Waals surface area contributed by atoms with E-state index >= 15 is 0 Å². The normalized spacial score (nSPS) is 23.0. The summed E-state index contributed by atoms with van der Waals surface area (Å²) in [6.07, 6.45) is 3.09. The Morgan fingerprint density at radius 3 is 2.22 bits per heavy atom. The van der Waals surface area contributed by atoms with Crippen molar-refractivity contribution in [1.82, 2.24) is 10.2 Å². The van der Waals surface area contributed by atoms with Gasteiger partial charge in [-0.3, -0.25) is 9.59 Å². The summed E-state index contributed by atoms with van der Waals surface area (Å²) in [5, 5.41) is 2.82. The van der Waals surface area contributed by atoms with Crippen LogP contribution in [0.4, 0.5) is 5.69 Å². The van der Waals surface area contributed by atoms with E-state index in [0.29, 0.717) is 18.6 Å². The molecule has 2 aliphatic heterocycles. The molecule has 5 nitrogen and oxygen atoms in total. The first-order valence-electron chi connectivity index (χ1n) is 8.42. The van der Waals surface area contributed by atoms with Gasteiger partial charge in [0, 0.05) is 51.3 Å². The molecule has 2 aliphatic rings. The van der Waals surface area contributed by atoms with Crippen molar-refractivity contribution < 1.29 is 9.59 Å². The third kappa shape index (κ3) is 3.49. The van der Waals surface area contributed by atoms with E-state index in [-0.39, 0.29) is 11.8 Å². The van der Waals surface area contributed by atoms with Crippen LogP contribution in [0.15, 0.2) is 24.3 Å². The quantitative estimate of drug-likeness (QED) is 0.917. The van der Waals surface area contributed by atoms with Crippen LogP contribution in [0.25, 0.3) is 0 Å². The molecule has 0 spiro atoms. The van der Waals surface area contributed by atoms with Crippen molar-refractivity contribution in [3.63, 3.8) is 0 Å². The van der Waals surface area contributed by atoms with Gasteiger partial charge in [0.25, 0.3) is 0 Å². The number of hydrogen-bond acceptors (Lipinski definition) is 3. The van der Waals surface area contributed by atoms with E-state index in [9.17, 15) is 9.59 Å². The van der Waals surface area contributed by atoms with Gasteiger partial charge in [0.2, 0.25) is 11.8 Å². The fraction of sp³-hybridized carbons (Fsp3) is 0.556. The molecule has 5 heteroatoms. The number of rotatable bonds is 4. The van der Waals surface area contributed by atoms with Crippen molar-refractivity contribution >= 4 is 17.5 Å². The Hall–Kier alpha value is -2.04. The lowest BCUT2D eigenvalue weighted by atomic mass is 10.1. The first-order chi connectivity index (χ1) is 11.0. The summed E-state index contributed by atoms with van der Waals surface area (Å²) in [5.41, 5.74) is 2.46. The van der Waals surface area contributed by atoms with Crippen LogP contribution in [0.1, 0.15) is 32.3 Å². The van der Waals surface area contributed by atoms with Gasteiger partial charge in [-0.2, -0.15) is 0 Å². The van der Waals surface area contributed by atoms with Crippen LogP contribution in [-0.4, -0.2) is 48.4 Å². The number of carbonyl (C=O) groups excluding carboxylic acids is 2. The molecule has 1 N–H and O–H groups in total. The molecule has 2 saturated heterocycles. The fourth-order valence-corrected chi connectivity index (χ4v) is 3.88. The van der Waals surface area contributed by atoms with Crippen molar-refractivity contribution in [3.05, 3.63) is 29.8 Å². The molecule has 0 saturated carbocycles. The lowest BCUT2D eigenvalue weighted by Gasteiger charge is -2.41. The second-order valence-electron chi connectivity index (χ2n) is 6.62. The first-order valence-corrected chi connectivity index (χ1v) is 8.42. The van der Waals surface area contributed by atoms with Gasteiger partial charge in [0.1, 0.15) is 0 Å². The summed E-state index contributed by atoms with van der Waals surface area (Å²) >= 11 is 0. The Bertz CT molecular complexity index is 570. The summed E-state index contributed by atoms with van der Waals surface area (Å²) < 4.78 is 0. The number of hydrogen-bond donors (Lipinski definition) is 1. The number of nitrogens with zero attached hydrogens (tertiary/aromatic N) is 2. The molecule has 0 aliphatic carbocycles. The Balaban J connectivity index is 1.60. The fourth-order valence-electron chi connectivity index (χ4n) is 3.88. The highest BCUT2D eigenvalue weighted by Gasteiger charge is 2.41. The highest BCUT2D eigenvalue weighted by atomic mass is 16.2. The predicted molar refractivity (Wildman–Crippen MR) is 90.4 cm³/mol. The lowest BCUT2D eigenvalue weighted by molar-refractivity contribution is -0.132. The van der Waals surface area contributed by atoms with Gasteiger partial charge < -0.3 is 15.1 Å². The van der Waals surface area contributed by atoms with Crippen LogP contribution in [0, 0.1) is 0 Å². The highest BCUT2D eigenvalue weighted by Crippen LogP contribution is 2.32. The standard InChI is InChI=1S/C18H25N3O2/c1-13(22)19-10-9-15-3-5-16(6-4-15)20-11-17-7-8-18(12-20)21(17)14(2)23/h3-6,17-18H,7-12H2,1-2H3,(H,19,22). The molecule has 3 rings (SSSR count). The summed E-state index contributed by atoms with van der Waals surface area (Å²) in [6, 6.07) is 9.32. The summed E-state index contributed by atoms with van der Waals surface area (Å²) in [4.78, 5) is 27.1. The summed E-state index contributed by atoms with van der Waals surface area (Å²) in [5.74, 6) is 0.228. The van der Waals surface area contributed by atoms with E-state index in [1.807, 2.05) is 0 Å². The predicted octanol–water partition coefficient (Wildman–Crippen LogP) is 1.56. The van der Waals surface area contributed by atoms with Gasteiger partial charge in [-0.25, -0.2) is 0 Å². The number of amides is 2. The SMILES string of the molecule is CC(=O)NCCc1ccc(N2CC3CCC(C2)N3C(C)=O)cc1. The van der Waals surface area contributed by atoms with E-state index in [1.165, 1.54) is 18.2 Å². The topological polar surface area (TPSA) is 52.7 Å². The number of carbonyl (C=O) groups is 2. The molecule has 2 amide bonds. The van der Waals surface area contributed by atoms with Crippen LogP contribution in [0.2, 0.25) is 0 Å². The number of piperazine rings is 1. The minimum atomic E-state index is 0.0143. The Kier molecular flexibility index (Phi) is 4.55. The zero-order chi connectivity index (χ0) is 16.4. The molecule has 1 aromatic carbocycles. The number of benzene rings is 1. The van der Waals surface area contributed by atoms with E-state index in [2.05, 4.69) is 39.4 Å². The van der Waals surface area contributed by atoms with Crippen molar-refractivity contribution in [1.29, 1.82) is 0 Å². The van der Waals surface area contributed by atoms with Gasteiger partial charge >= 0.3 is 0 Å². The molecule has 2 fully saturated rings. The molecule has 0 aromatic heterocycles. The molecule has 2 unspecified atom stereocenters. The molecule has 2 bridgehead atoms. The second kappa shape index (κ2) is 6.60. The minimum absolute atomic E-state index is 0.0143. The molecule has 2 atom stereocenters. The Morgan fingerprint density at radius 2 is 1.70 bits per heavy atom. The van der Waals surface area contributed by atoms with Gasteiger partial charge in [0.15, 0.2) is 0 Å². The van der Waals surface area contributed by atoms with E-state index in [0.717, 1.165) is 32.4 Å². The second-order valence-corrected chi connectivity index (χ2v) is 6.62. The zero-order valence-electron chi connectivity index (χ0n) is 13.9. The first kappa shape index (κ1) is 15.8. The van der Waals surface area contributed by atoms with Gasteiger partial charge in [-0.05, 0) is 37.0 Å². The third-order valence-corrected chi connectivity index (χ3v) is 4.93. The zero-order valence-corrected chi connectivity index (χ0v) is 13.9. The molecule has 23 heavy (non-hydrogen) atoms. The van der Waals surface area contributed by atoms with Crippen LogP contribution < -0.4 is 10.2 Å². The molecule has 124 valence electrons. The maximum atomic E-state index is 11.8. The minimum Gasteiger partial charge on any atom is -0.367 e.